The average Bonchev–Trinajstić information content (AvgIpc) is 2.03. The van der Waals surface area contributed by atoms with Crippen LogP contribution in [0.2, 0.25) is 0 Å². The lowest BCUT2D eigenvalue weighted by atomic mass is 10.2. The van der Waals surface area contributed by atoms with Crippen LogP contribution in [-0.2, 0) is 6.61 Å². The van der Waals surface area contributed by atoms with E-state index in [-0.39, 0.29) is 6.61 Å². The van der Waals surface area contributed by atoms with E-state index in [1.165, 1.54) is 0 Å². The number of ether oxygens (including phenoxy) is 1. The molecule has 0 aliphatic carbocycles. The predicted octanol–water partition coefficient (Wildman–Crippen LogP) is 0.636. The van der Waals surface area contributed by atoms with E-state index in [1.54, 1.807) is 24.3 Å². The van der Waals surface area contributed by atoms with E-state index in [1.807, 2.05) is 0 Å². The monoisotopic (exact) mass is 167 g/mol. The number of hydrogen-bond acceptors (Lipinski definition) is 3. The first-order valence-corrected chi connectivity index (χ1v) is 3.39. The number of benzene rings is 1. The van der Waals surface area contributed by atoms with Crippen molar-refractivity contribution in [1.29, 1.82) is 0 Å². The Hall–Kier alpha value is -1.55. The highest BCUT2D eigenvalue weighted by molar-refractivity contribution is 5.68. The summed E-state index contributed by atoms with van der Waals surface area (Å²) in [4.78, 5) is 10.3. The van der Waals surface area contributed by atoms with Crippen molar-refractivity contribution in [3.05, 3.63) is 29.8 Å². The Bertz CT molecular complexity index is 285. The zero-order valence-electron chi connectivity index (χ0n) is 6.36. The molecule has 0 unspecified atom stereocenters. The van der Waals surface area contributed by atoms with Crippen molar-refractivity contribution in [3.8, 4) is 5.75 Å². The second-order valence-electron chi connectivity index (χ2n) is 2.23. The Morgan fingerprint density at radius 1 is 1.58 bits per heavy atom. The standard InChI is InChI=1S/C8H9NO3/c9-8(11)12-7-3-1-2-6(4-7)5-10/h1-4,10H,5H2,(H2,9,11). The highest BCUT2D eigenvalue weighted by Gasteiger charge is 1.98. The molecule has 0 aromatic heterocycles. The van der Waals surface area contributed by atoms with Gasteiger partial charge in [0.15, 0.2) is 0 Å². The van der Waals surface area contributed by atoms with Crippen LogP contribution in [0.15, 0.2) is 24.3 Å². The number of rotatable bonds is 2. The highest BCUT2D eigenvalue weighted by atomic mass is 16.5. The fraction of sp³-hybridized carbons (Fsp3) is 0.125. The number of carbonyl (C=O) groups excluding carboxylic acids is 1. The van der Waals surface area contributed by atoms with Crippen molar-refractivity contribution in [2.24, 2.45) is 5.73 Å². The molecule has 3 N–H and O–H groups in total. The van der Waals surface area contributed by atoms with Crippen LogP contribution in [0.1, 0.15) is 5.56 Å². The fourth-order valence-electron chi connectivity index (χ4n) is 0.823. The van der Waals surface area contributed by atoms with Crippen LogP contribution in [0.5, 0.6) is 5.75 Å². The molecule has 0 spiro atoms. The summed E-state index contributed by atoms with van der Waals surface area (Å²) in [6.45, 7) is -0.0873. The second kappa shape index (κ2) is 3.73. The topological polar surface area (TPSA) is 72.6 Å². The zero-order valence-corrected chi connectivity index (χ0v) is 6.36. The van der Waals surface area contributed by atoms with Gasteiger partial charge in [-0.2, -0.15) is 0 Å². The lowest BCUT2D eigenvalue weighted by molar-refractivity contribution is 0.210. The van der Waals surface area contributed by atoms with Crippen LogP contribution < -0.4 is 10.5 Å². The normalized spacial score (nSPS) is 9.42. The smallest absolute Gasteiger partial charge is 0.409 e. The molecule has 1 aromatic carbocycles. The van der Waals surface area contributed by atoms with Crippen LogP contribution in [-0.4, -0.2) is 11.2 Å². The fourth-order valence-corrected chi connectivity index (χ4v) is 0.823. The Labute approximate surface area is 69.6 Å². The Morgan fingerprint density at radius 3 is 2.92 bits per heavy atom. The minimum atomic E-state index is -0.856. The van der Waals surface area contributed by atoms with E-state index < -0.39 is 6.09 Å². The van der Waals surface area contributed by atoms with Gasteiger partial charge in [0, 0.05) is 0 Å². The van der Waals surface area contributed by atoms with Crippen molar-refractivity contribution >= 4 is 6.09 Å². The molecule has 1 rings (SSSR count). The summed E-state index contributed by atoms with van der Waals surface area (Å²) in [5, 5.41) is 8.72. The maximum absolute atomic E-state index is 10.3. The van der Waals surface area contributed by atoms with E-state index in [4.69, 9.17) is 10.8 Å². The first-order chi connectivity index (χ1) is 5.72. The molecule has 0 fully saturated rings. The van der Waals surface area contributed by atoms with Gasteiger partial charge in [0.1, 0.15) is 5.75 Å². The highest BCUT2D eigenvalue weighted by Crippen LogP contribution is 2.12. The summed E-state index contributed by atoms with van der Waals surface area (Å²) in [5.74, 6) is 0.342. The SMILES string of the molecule is NC(=O)Oc1cccc(CO)c1. The van der Waals surface area contributed by atoms with Gasteiger partial charge in [0.05, 0.1) is 6.61 Å². The molecule has 1 amide bonds. The average molecular weight is 167 g/mol. The Balaban J connectivity index is 2.79. The molecular formula is C8H9NO3. The molecule has 0 saturated heterocycles. The van der Waals surface area contributed by atoms with Crippen molar-refractivity contribution in [3.63, 3.8) is 0 Å². The van der Waals surface area contributed by atoms with Crippen LogP contribution in [0.25, 0.3) is 0 Å². The molecular weight excluding hydrogens is 158 g/mol. The first kappa shape index (κ1) is 8.55. The number of primary amides is 1. The van der Waals surface area contributed by atoms with Crippen LogP contribution >= 0.6 is 0 Å². The number of nitrogens with two attached hydrogens (primary N) is 1. The van der Waals surface area contributed by atoms with Gasteiger partial charge in [-0.15, -0.1) is 0 Å². The molecule has 0 aliphatic heterocycles. The van der Waals surface area contributed by atoms with Crippen molar-refractivity contribution < 1.29 is 14.6 Å². The maximum atomic E-state index is 10.3. The van der Waals surface area contributed by atoms with Crippen LogP contribution in [0.3, 0.4) is 0 Å². The van der Waals surface area contributed by atoms with E-state index in [0.717, 1.165) is 0 Å². The largest absolute Gasteiger partial charge is 0.410 e. The molecule has 12 heavy (non-hydrogen) atoms. The minimum absolute atomic E-state index is 0.0873. The summed E-state index contributed by atoms with van der Waals surface area (Å²) < 4.78 is 4.58. The molecule has 0 radical (unpaired) electrons. The summed E-state index contributed by atoms with van der Waals surface area (Å²) >= 11 is 0. The second-order valence-corrected chi connectivity index (χ2v) is 2.23. The third kappa shape index (κ3) is 2.25. The van der Waals surface area contributed by atoms with Gasteiger partial charge in [-0.3, -0.25) is 0 Å². The number of amides is 1. The van der Waals surface area contributed by atoms with Gasteiger partial charge in [0.25, 0.3) is 0 Å². The number of aliphatic hydroxyl groups excluding tert-OH is 1. The Kier molecular flexibility index (Phi) is 2.66. The predicted molar refractivity (Wildman–Crippen MR) is 42.6 cm³/mol. The van der Waals surface area contributed by atoms with Gasteiger partial charge >= 0.3 is 6.09 Å². The third-order valence-corrected chi connectivity index (χ3v) is 1.30. The third-order valence-electron chi connectivity index (χ3n) is 1.30. The summed E-state index contributed by atoms with van der Waals surface area (Å²) in [6.07, 6.45) is -0.856. The summed E-state index contributed by atoms with van der Waals surface area (Å²) in [7, 11) is 0. The van der Waals surface area contributed by atoms with Crippen molar-refractivity contribution in [2.45, 2.75) is 6.61 Å². The lowest BCUT2D eigenvalue weighted by Crippen LogP contribution is -2.16. The molecule has 0 bridgehead atoms. The van der Waals surface area contributed by atoms with E-state index in [2.05, 4.69) is 4.74 Å². The molecule has 0 aliphatic rings. The van der Waals surface area contributed by atoms with Gasteiger partial charge in [0.2, 0.25) is 0 Å². The minimum Gasteiger partial charge on any atom is -0.410 e. The quantitative estimate of drug-likeness (QED) is 0.678. The molecule has 4 nitrogen and oxygen atoms in total. The lowest BCUT2D eigenvalue weighted by Gasteiger charge is -2.01. The number of carbonyl (C=O) groups is 1. The van der Waals surface area contributed by atoms with Gasteiger partial charge in [-0.1, -0.05) is 12.1 Å². The number of hydrogen-bond donors (Lipinski definition) is 2. The number of aliphatic hydroxyl groups is 1. The molecule has 4 heteroatoms. The van der Waals surface area contributed by atoms with E-state index >= 15 is 0 Å². The first-order valence-electron chi connectivity index (χ1n) is 3.39. The molecule has 0 saturated carbocycles. The molecule has 64 valence electrons. The van der Waals surface area contributed by atoms with Crippen molar-refractivity contribution in [2.75, 3.05) is 0 Å². The van der Waals surface area contributed by atoms with Gasteiger partial charge in [-0.25, -0.2) is 4.79 Å². The summed E-state index contributed by atoms with van der Waals surface area (Å²) in [6, 6.07) is 6.52. The van der Waals surface area contributed by atoms with Gasteiger partial charge < -0.3 is 15.6 Å². The summed E-state index contributed by atoms with van der Waals surface area (Å²) in [5.41, 5.74) is 5.47. The molecule has 0 heterocycles. The molecule has 0 atom stereocenters. The maximum Gasteiger partial charge on any atom is 0.409 e. The van der Waals surface area contributed by atoms with Crippen LogP contribution in [0, 0.1) is 0 Å². The Morgan fingerprint density at radius 2 is 2.33 bits per heavy atom. The zero-order chi connectivity index (χ0) is 8.97. The van der Waals surface area contributed by atoms with Crippen LogP contribution in [0.4, 0.5) is 4.79 Å². The van der Waals surface area contributed by atoms with E-state index in [0.29, 0.717) is 11.3 Å². The van der Waals surface area contributed by atoms with E-state index in [9.17, 15) is 4.79 Å². The van der Waals surface area contributed by atoms with Crippen molar-refractivity contribution in [1.82, 2.24) is 0 Å². The van der Waals surface area contributed by atoms with Gasteiger partial charge in [-0.05, 0) is 17.7 Å². The molecule has 1 aromatic rings.